The first-order valence-corrected chi connectivity index (χ1v) is 23.4. The number of phosphoric ester groups is 1. The van der Waals surface area contributed by atoms with E-state index in [9.17, 15) is 29.3 Å². The molecular weight excluding hydrogens is 757 g/mol. The second kappa shape index (κ2) is 37.4. The summed E-state index contributed by atoms with van der Waals surface area (Å²) >= 11 is 0. The van der Waals surface area contributed by atoms with Crippen molar-refractivity contribution in [2.45, 2.75) is 161 Å². The molecular formula is C46H81NO10P+. The van der Waals surface area contributed by atoms with Crippen molar-refractivity contribution in [3.63, 3.8) is 0 Å². The first kappa shape index (κ1) is 55.4. The van der Waals surface area contributed by atoms with Gasteiger partial charge in [0.25, 0.3) is 0 Å². The van der Waals surface area contributed by atoms with E-state index in [0.717, 1.165) is 51.4 Å². The number of esters is 2. The van der Waals surface area contributed by atoms with Gasteiger partial charge in [-0.15, -0.1) is 0 Å². The van der Waals surface area contributed by atoms with Crippen molar-refractivity contribution in [3.8, 4) is 0 Å². The molecule has 0 aliphatic heterocycles. The molecule has 58 heavy (non-hydrogen) atoms. The number of carbonyl (C=O) groups excluding carboxylic acids is 2. The summed E-state index contributed by atoms with van der Waals surface area (Å²) in [6.45, 7) is 3.95. The van der Waals surface area contributed by atoms with Gasteiger partial charge in [0, 0.05) is 12.8 Å². The molecule has 334 valence electrons. The van der Waals surface area contributed by atoms with Gasteiger partial charge < -0.3 is 29.1 Å². The molecule has 0 aromatic heterocycles. The van der Waals surface area contributed by atoms with E-state index in [4.69, 9.17) is 18.5 Å². The fourth-order valence-electron chi connectivity index (χ4n) is 5.42. The Labute approximate surface area is 352 Å². The second-order valence-corrected chi connectivity index (χ2v) is 17.2. The zero-order valence-corrected chi connectivity index (χ0v) is 37.6. The van der Waals surface area contributed by atoms with Gasteiger partial charge in [-0.2, -0.15) is 0 Å². The number of allylic oxidation sites excluding steroid dienone is 9. The standard InChI is InChI=1S/C46H80NO10P/c1-6-8-10-12-14-15-16-17-18-19-20-21-22-24-30-36-45(50)54-40-44(41-56-58(52,53)55-39-38-47(3,4)5)57-46(51)37-31-35-43(49)34-29-26-25-28-33-42(48)32-27-23-13-11-9-7-2/h9,11,17-18,23,25-29,33-34,42-44,48-49H,6-8,10,12-16,19-22,24,30-32,35-41H2,1-5H3/p+1/b11-9-,18-17-,26-25-,27-23-,33-28+,34-29+. The second-order valence-electron chi connectivity index (χ2n) is 15.7. The number of aliphatic hydroxyl groups excluding tert-OH is 2. The van der Waals surface area contributed by atoms with E-state index < -0.39 is 44.7 Å². The summed E-state index contributed by atoms with van der Waals surface area (Å²) in [5.74, 6) is -1.06. The lowest BCUT2D eigenvalue weighted by atomic mass is 10.1. The van der Waals surface area contributed by atoms with Crippen molar-refractivity contribution in [2.75, 3.05) is 47.5 Å². The van der Waals surface area contributed by atoms with E-state index in [0.29, 0.717) is 36.7 Å². The van der Waals surface area contributed by atoms with Crippen LogP contribution in [-0.2, 0) is 32.7 Å². The molecule has 12 heteroatoms. The van der Waals surface area contributed by atoms with Crippen molar-refractivity contribution in [1.82, 2.24) is 0 Å². The van der Waals surface area contributed by atoms with Gasteiger partial charge in [-0.3, -0.25) is 18.6 Å². The molecule has 0 rings (SSSR count). The van der Waals surface area contributed by atoms with Crippen molar-refractivity contribution < 1.29 is 52.3 Å². The summed E-state index contributed by atoms with van der Waals surface area (Å²) in [4.78, 5) is 35.4. The van der Waals surface area contributed by atoms with E-state index in [1.807, 2.05) is 33.3 Å². The van der Waals surface area contributed by atoms with Gasteiger partial charge in [-0.05, 0) is 64.2 Å². The number of hydrogen-bond donors (Lipinski definition) is 3. The molecule has 0 aromatic rings. The number of phosphoric acid groups is 1. The summed E-state index contributed by atoms with van der Waals surface area (Å²) in [5, 5.41) is 20.3. The molecule has 0 fully saturated rings. The molecule has 0 aromatic carbocycles. The number of quaternary nitrogens is 1. The number of carbonyl (C=O) groups is 2. The van der Waals surface area contributed by atoms with Crippen LogP contribution in [0.15, 0.2) is 72.9 Å². The van der Waals surface area contributed by atoms with E-state index in [2.05, 4.69) is 38.2 Å². The van der Waals surface area contributed by atoms with Gasteiger partial charge in [0.2, 0.25) is 0 Å². The maximum absolute atomic E-state index is 12.7. The van der Waals surface area contributed by atoms with Crippen LogP contribution in [0.25, 0.3) is 0 Å². The van der Waals surface area contributed by atoms with Crippen molar-refractivity contribution in [1.29, 1.82) is 0 Å². The van der Waals surface area contributed by atoms with Crippen LogP contribution in [0.1, 0.15) is 142 Å². The monoisotopic (exact) mass is 839 g/mol. The largest absolute Gasteiger partial charge is 0.472 e. The van der Waals surface area contributed by atoms with Crippen molar-refractivity contribution in [3.05, 3.63) is 72.9 Å². The van der Waals surface area contributed by atoms with Crippen LogP contribution in [0.2, 0.25) is 0 Å². The summed E-state index contributed by atoms with van der Waals surface area (Å²) in [6, 6.07) is 0. The molecule has 0 bridgehead atoms. The Morgan fingerprint density at radius 2 is 1.24 bits per heavy atom. The number of aliphatic hydroxyl groups is 2. The van der Waals surface area contributed by atoms with Crippen LogP contribution in [0.3, 0.4) is 0 Å². The first-order valence-electron chi connectivity index (χ1n) is 21.9. The molecule has 4 unspecified atom stereocenters. The lowest BCUT2D eigenvalue weighted by Crippen LogP contribution is -2.37. The highest BCUT2D eigenvalue weighted by atomic mass is 31.2. The van der Waals surface area contributed by atoms with Gasteiger partial charge in [0.15, 0.2) is 6.10 Å². The van der Waals surface area contributed by atoms with Crippen LogP contribution in [0.4, 0.5) is 0 Å². The molecule has 0 heterocycles. The molecule has 0 saturated carbocycles. The quantitative estimate of drug-likeness (QED) is 0.0137. The summed E-state index contributed by atoms with van der Waals surface area (Å²) < 4.78 is 34.1. The Morgan fingerprint density at radius 1 is 0.655 bits per heavy atom. The minimum Gasteiger partial charge on any atom is -0.462 e. The van der Waals surface area contributed by atoms with Crippen LogP contribution in [0, 0.1) is 0 Å². The summed E-state index contributed by atoms with van der Waals surface area (Å²) in [6.07, 6.45) is 38.7. The SMILES string of the molecule is CC/C=C\C/C=C\CC(O)/C=C/C=C\C=C\C(O)CCCC(=O)OC(COC(=O)CCCCCCC/C=C\CCCCCCCC)COP(=O)(O)OCC[N+](C)(C)C. The van der Waals surface area contributed by atoms with Gasteiger partial charge in [-0.25, -0.2) is 4.57 Å². The van der Waals surface area contributed by atoms with E-state index in [1.165, 1.54) is 38.5 Å². The van der Waals surface area contributed by atoms with Gasteiger partial charge in [-0.1, -0.05) is 138 Å². The normalized spacial score (nSPS) is 15.4. The van der Waals surface area contributed by atoms with E-state index in [-0.39, 0.29) is 26.1 Å². The molecule has 0 amide bonds. The third-order valence-electron chi connectivity index (χ3n) is 8.91. The number of hydrogen-bond acceptors (Lipinski definition) is 9. The van der Waals surface area contributed by atoms with Gasteiger partial charge in [0.1, 0.15) is 19.8 Å². The zero-order chi connectivity index (χ0) is 43.2. The maximum Gasteiger partial charge on any atom is 0.472 e. The molecule has 4 atom stereocenters. The topological polar surface area (TPSA) is 149 Å². The van der Waals surface area contributed by atoms with Crippen LogP contribution >= 0.6 is 7.82 Å². The van der Waals surface area contributed by atoms with Crippen molar-refractivity contribution >= 4 is 19.8 Å². The van der Waals surface area contributed by atoms with Crippen LogP contribution in [-0.4, -0.2) is 97.3 Å². The Balaban J connectivity index is 4.66. The Morgan fingerprint density at radius 3 is 1.88 bits per heavy atom. The van der Waals surface area contributed by atoms with E-state index in [1.54, 1.807) is 36.5 Å². The Bertz CT molecular complexity index is 1250. The van der Waals surface area contributed by atoms with Crippen molar-refractivity contribution in [2.24, 2.45) is 0 Å². The fourth-order valence-corrected chi connectivity index (χ4v) is 6.16. The van der Waals surface area contributed by atoms with Crippen LogP contribution < -0.4 is 0 Å². The smallest absolute Gasteiger partial charge is 0.462 e. The Hall–Kier alpha value is -2.63. The first-order chi connectivity index (χ1) is 27.8. The third kappa shape index (κ3) is 40.2. The molecule has 3 N–H and O–H groups in total. The number of nitrogens with zero attached hydrogens (tertiary/aromatic N) is 1. The highest BCUT2D eigenvalue weighted by molar-refractivity contribution is 7.47. The van der Waals surface area contributed by atoms with Gasteiger partial charge >= 0.3 is 19.8 Å². The van der Waals surface area contributed by atoms with Crippen LogP contribution in [0.5, 0.6) is 0 Å². The van der Waals surface area contributed by atoms with E-state index >= 15 is 0 Å². The number of unbranched alkanes of at least 4 members (excludes halogenated alkanes) is 11. The minimum atomic E-state index is -4.45. The number of rotatable bonds is 38. The highest BCUT2D eigenvalue weighted by Crippen LogP contribution is 2.43. The predicted octanol–water partition coefficient (Wildman–Crippen LogP) is 10.2. The summed E-state index contributed by atoms with van der Waals surface area (Å²) in [5.41, 5.74) is 0. The minimum absolute atomic E-state index is 0.0193. The fraction of sp³-hybridized carbons (Fsp3) is 0.696. The average Bonchev–Trinajstić information content (AvgIpc) is 3.16. The number of ether oxygens (including phenoxy) is 2. The lowest BCUT2D eigenvalue weighted by molar-refractivity contribution is -0.870. The molecule has 0 spiro atoms. The average molecular weight is 839 g/mol. The Kier molecular flexibility index (Phi) is 35.7. The lowest BCUT2D eigenvalue weighted by Gasteiger charge is -2.24. The molecule has 0 radical (unpaired) electrons. The highest BCUT2D eigenvalue weighted by Gasteiger charge is 2.27. The summed E-state index contributed by atoms with van der Waals surface area (Å²) in [7, 11) is 1.30. The zero-order valence-electron chi connectivity index (χ0n) is 36.7. The molecule has 0 aliphatic rings. The molecule has 0 aliphatic carbocycles. The van der Waals surface area contributed by atoms with Gasteiger partial charge in [0.05, 0.1) is 40.0 Å². The number of likely N-dealkylation sites (N-methyl/N-ethyl adjacent to an activating group) is 1. The molecule has 11 nitrogen and oxygen atoms in total. The third-order valence-corrected chi connectivity index (χ3v) is 9.89. The predicted molar refractivity (Wildman–Crippen MR) is 236 cm³/mol. The molecule has 0 saturated heterocycles. The maximum atomic E-state index is 12.7.